The first-order chi connectivity index (χ1) is 6.31. The minimum atomic E-state index is 0.745. The fraction of sp³-hybridized carbons (Fsp3) is 0.500. The second-order valence-electron chi connectivity index (χ2n) is 4.00. The molecule has 0 saturated heterocycles. The van der Waals surface area contributed by atoms with Gasteiger partial charge in [0.25, 0.3) is 0 Å². The lowest BCUT2D eigenvalue weighted by molar-refractivity contribution is 0.277. The van der Waals surface area contributed by atoms with E-state index in [4.69, 9.17) is 0 Å². The molecule has 0 aromatic heterocycles. The molecule has 1 aromatic carbocycles. The Morgan fingerprint density at radius 2 is 2.15 bits per heavy atom. The fourth-order valence-corrected chi connectivity index (χ4v) is 2.26. The molecule has 1 aromatic rings. The molecule has 0 unspecified atom stereocenters. The molecule has 0 saturated carbocycles. The van der Waals surface area contributed by atoms with E-state index >= 15 is 0 Å². The maximum absolute atomic E-state index is 2.41. The smallest absolute Gasteiger partial charge is 0.0233 e. The van der Waals surface area contributed by atoms with Crippen molar-refractivity contribution in [3.63, 3.8) is 0 Å². The molecule has 0 bridgehead atoms. The Hall–Kier alpha value is -0.820. The van der Waals surface area contributed by atoms with Gasteiger partial charge in [0, 0.05) is 13.1 Å². The van der Waals surface area contributed by atoms with Crippen LogP contribution >= 0.6 is 0 Å². The Labute approximate surface area is 80.4 Å². The minimum Gasteiger partial charge on any atom is -0.301 e. The molecule has 0 fully saturated rings. The van der Waals surface area contributed by atoms with Crippen LogP contribution in [0.5, 0.6) is 0 Å². The zero-order chi connectivity index (χ0) is 9.26. The summed E-state index contributed by atoms with van der Waals surface area (Å²) in [6, 6.07) is 8.85. The average molecular weight is 175 g/mol. The molecule has 0 spiro atoms. The highest BCUT2D eigenvalue weighted by Gasteiger charge is 2.20. The normalized spacial score (nSPS) is 22.8. The highest BCUT2D eigenvalue weighted by molar-refractivity contribution is 5.32. The monoisotopic (exact) mass is 175 g/mol. The van der Waals surface area contributed by atoms with Crippen LogP contribution in [0.4, 0.5) is 0 Å². The molecule has 1 heteroatoms. The van der Waals surface area contributed by atoms with E-state index in [9.17, 15) is 0 Å². The van der Waals surface area contributed by atoms with Crippen molar-refractivity contribution in [2.45, 2.75) is 25.8 Å². The van der Waals surface area contributed by atoms with Gasteiger partial charge in [-0.2, -0.15) is 0 Å². The summed E-state index contributed by atoms with van der Waals surface area (Å²) in [5.41, 5.74) is 3.09. The molecule has 0 aliphatic carbocycles. The van der Waals surface area contributed by atoms with Gasteiger partial charge in [-0.1, -0.05) is 31.2 Å². The highest BCUT2D eigenvalue weighted by Crippen LogP contribution is 2.29. The maximum Gasteiger partial charge on any atom is 0.0233 e. The number of hydrogen-bond acceptors (Lipinski definition) is 1. The molecule has 1 aliphatic heterocycles. The van der Waals surface area contributed by atoms with Gasteiger partial charge in [-0.15, -0.1) is 0 Å². The lowest BCUT2D eigenvalue weighted by atomic mass is 9.88. The zero-order valence-corrected chi connectivity index (χ0v) is 8.46. The van der Waals surface area contributed by atoms with Crippen LogP contribution in [-0.4, -0.2) is 18.5 Å². The second-order valence-corrected chi connectivity index (χ2v) is 4.00. The summed E-state index contributed by atoms with van der Waals surface area (Å²) in [7, 11) is 2.21. The predicted molar refractivity (Wildman–Crippen MR) is 55.8 cm³/mol. The molecule has 1 aliphatic rings. The van der Waals surface area contributed by atoms with Crippen molar-refractivity contribution < 1.29 is 0 Å². The van der Waals surface area contributed by atoms with E-state index in [0.717, 1.165) is 12.5 Å². The van der Waals surface area contributed by atoms with E-state index in [1.54, 1.807) is 5.56 Å². The minimum absolute atomic E-state index is 0.745. The van der Waals surface area contributed by atoms with Crippen LogP contribution in [0.1, 0.15) is 30.4 Å². The van der Waals surface area contributed by atoms with Gasteiger partial charge in [0.05, 0.1) is 0 Å². The van der Waals surface area contributed by atoms with Crippen molar-refractivity contribution in [2.24, 2.45) is 0 Å². The average Bonchev–Trinajstić information content (AvgIpc) is 2.16. The summed E-state index contributed by atoms with van der Waals surface area (Å²) in [6.07, 6.45) is 1.25. The summed E-state index contributed by atoms with van der Waals surface area (Å²) < 4.78 is 0. The number of benzene rings is 1. The number of rotatable bonds is 1. The number of nitrogens with zero attached hydrogens (tertiary/aromatic N) is 1. The van der Waals surface area contributed by atoms with E-state index in [0.29, 0.717) is 0 Å². The molecule has 0 N–H and O–H groups in total. The quantitative estimate of drug-likeness (QED) is 0.634. The van der Waals surface area contributed by atoms with Crippen molar-refractivity contribution in [3.8, 4) is 0 Å². The van der Waals surface area contributed by atoms with Gasteiger partial charge >= 0.3 is 0 Å². The third-order valence-corrected chi connectivity index (χ3v) is 2.96. The SMILES string of the molecule is CC[C@H]1CN(C)Cc2ccccc21. The summed E-state index contributed by atoms with van der Waals surface area (Å²) in [5.74, 6) is 0.745. The largest absolute Gasteiger partial charge is 0.301 e. The van der Waals surface area contributed by atoms with Crippen LogP contribution in [-0.2, 0) is 6.54 Å². The van der Waals surface area contributed by atoms with E-state index < -0.39 is 0 Å². The third kappa shape index (κ3) is 1.61. The Bertz CT molecular complexity index is 293. The molecule has 1 nitrogen and oxygen atoms in total. The van der Waals surface area contributed by atoms with Crippen LogP contribution in [0.15, 0.2) is 24.3 Å². The van der Waals surface area contributed by atoms with Gasteiger partial charge in [-0.3, -0.25) is 0 Å². The summed E-state index contributed by atoms with van der Waals surface area (Å²) in [5, 5.41) is 0. The summed E-state index contributed by atoms with van der Waals surface area (Å²) in [4.78, 5) is 2.41. The standard InChI is InChI=1S/C12H17N/c1-3-10-8-13(2)9-11-6-4-5-7-12(10)11/h4-7,10H,3,8-9H2,1-2H3/t10-/m0/s1. The van der Waals surface area contributed by atoms with E-state index in [1.165, 1.54) is 18.5 Å². The Balaban J connectivity index is 2.37. The molecule has 2 rings (SSSR count). The molecule has 1 atom stereocenters. The first-order valence-electron chi connectivity index (χ1n) is 5.07. The lowest BCUT2D eigenvalue weighted by Crippen LogP contribution is -2.29. The Kier molecular flexibility index (Phi) is 2.36. The molecular weight excluding hydrogens is 158 g/mol. The maximum atomic E-state index is 2.41. The van der Waals surface area contributed by atoms with Crippen molar-refractivity contribution in [2.75, 3.05) is 13.6 Å². The zero-order valence-electron chi connectivity index (χ0n) is 8.46. The van der Waals surface area contributed by atoms with Crippen LogP contribution in [0.2, 0.25) is 0 Å². The van der Waals surface area contributed by atoms with E-state index in [2.05, 4.69) is 43.1 Å². The summed E-state index contributed by atoms with van der Waals surface area (Å²) >= 11 is 0. The highest BCUT2D eigenvalue weighted by atomic mass is 15.1. The molecule has 0 amide bonds. The molecular formula is C12H17N. The van der Waals surface area contributed by atoms with Crippen molar-refractivity contribution in [1.29, 1.82) is 0 Å². The van der Waals surface area contributed by atoms with Crippen molar-refractivity contribution in [3.05, 3.63) is 35.4 Å². The van der Waals surface area contributed by atoms with Crippen LogP contribution < -0.4 is 0 Å². The van der Waals surface area contributed by atoms with Crippen LogP contribution in [0.3, 0.4) is 0 Å². The van der Waals surface area contributed by atoms with Gasteiger partial charge in [0.15, 0.2) is 0 Å². The van der Waals surface area contributed by atoms with Crippen molar-refractivity contribution >= 4 is 0 Å². The fourth-order valence-electron chi connectivity index (χ4n) is 2.26. The van der Waals surface area contributed by atoms with Crippen LogP contribution in [0, 0.1) is 0 Å². The lowest BCUT2D eigenvalue weighted by Gasteiger charge is -2.31. The van der Waals surface area contributed by atoms with Gasteiger partial charge in [-0.05, 0) is 30.5 Å². The Morgan fingerprint density at radius 1 is 1.38 bits per heavy atom. The third-order valence-electron chi connectivity index (χ3n) is 2.96. The van der Waals surface area contributed by atoms with Gasteiger partial charge < -0.3 is 4.90 Å². The van der Waals surface area contributed by atoms with E-state index in [1.807, 2.05) is 0 Å². The molecule has 0 radical (unpaired) electrons. The Morgan fingerprint density at radius 3 is 2.92 bits per heavy atom. The second kappa shape index (κ2) is 3.51. The molecule has 70 valence electrons. The van der Waals surface area contributed by atoms with E-state index in [-0.39, 0.29) is 0 Å². The number of hydrogen-bond donors (Lipinski definition) is 0. The van der Waals surface area contributed by atoms with Gasteiger partial charge in [-0.25, -0.2) is 0 Å². The molecule has 1 heterocycles. The van der Waals surface area contributed by atoms with Crippen LogP contribution in [0.25, 0.3) is 0 Å². The first kappa shape index (κ1) is 8.76. The number of likely N-dealkylation sites (N-methyl/N-ethyl adjacent to an activating group) is 1. The first-order valence-corrected chi connectivity index (χ1v) is 5.07. The predicted octanol–water partition coefficient (Wildman–Crippen LogP) is 2.63. The topological polar surface area (TPSA) is 3.24 Å². The summed E-state index contributed by atoms with van der Waals surface area (Å²) in [6.45, 7) is 4.61. The van der Waals surface area contributed by atoms with Gasteiger partial charge in [0.1, 0.15) is 0 Å². The van der Waals surface area contributed by atoms with Crippen molar-refractivity contribution in [1.82, 2.24) is 4.90 Å². The molecule has 13 heavy (non-hydrogen) atoms. The van der Waals surface area contributed by atoms with Gasteiger partial charge in [0.2, 0.25) is 0 Å². The number of fused-ring (bicyclic) bond motifs is 1.